The lowest BCUT2D eigenvalue weighted by Crippen LogP contribution is -2.29. The molecule has 1 atom stereocenters. The number of aryl methyl sites for hydroxylation is 1. The lowest BCUT2D eigenvalue weighted by atomic mass is 10.0. The Hall–Kier alpha value is -3.53. The third-order valence-corrected chi connectivity index (χ3v) is 5.47. The zero-order valence-corrected chi connectivity index (χ0v) is 19.5. The highest BCUT2D eigenvalue weighted by molar-refractivity contribution is 6.18. The summed E-state index contributed by atoms with van der Waals surface area (Å²) in [6, 6.07) is 3.92. The van der Waals surface area contributed by atoms with E-state index in [1.54, 1.807) is 27.7 Å². The first-order valence-electron chi connectivity index (χ1n) is 11.1. The molecule has 1 aromatic carbocycles. The number of hydrogen-bond donors (Lipinski definition) is 2. The molecule has 0 saturated carbocycles. The van der Waals surface area contributed by atoms with Gasteiger partial charge in [0.1, 0.15) is 22.6 Å². The predicted octanol–water partition coefficient (Wildman–Crippen LogP) is 4.45. The van der Waals surface area contributed by atoms with E-state index >= 15 is 0 Å². The summed E-state index contributed by atoms with van der Waals surface area (Å²) < 4.78 is 27.3. The number of anilines is 1. The van der Waals surface area contributed by atoms with Crippen molar-refractivity contribution in [2.24, 2.45) is 0 Å². The van der Waals surface area contributed by atoms with Crippen LogP contribution < -0.4 is 10.9 Å². The van der Waals surface area contributed by atoms with Crippen LogP contribution in [0, 0.1) is 12.7 Å². The number of halogens is 1. The second-order valence-corrected chi connectivity index (χ2v) is 9.29. The highest BCUT2D eigenvalue weighted by atomic mass is 19.1. The van der Waals surface area contributed by atoms with Crippen molar-refractivity contribution in [1.82, 2.24) is 14.8 Å². The third kappa shape index (κ3) is 4.72. The Morgan fingerprint density at radius 1 is 1.29 bits per heavy atom. The molecule has 34 heavy (non-hydrogen) atoms. The lowest BCUT2D eigenvalue weighted by molar-refractivity contribution is -0.0369. The average Bonchev–Trinajstić information content (AvgIpc) is 3.21. The van der Waals surface area contributed by atoms with Crippen molar-refractivity contribution < 1.29 is 23.5 Å². The highest BCUT2D eigenvalue weighted by Gasteiger charge is 2.26. The van der Waals surface area contributed by atoms with Crippen molar-refractivity contribution in [3.8, 4) is 0 Å². The fourth-order valence-electron chi connectivity index (χ4n) is 3.92. The number of nitrogens with one attached hydrogen (secondary N) is 2. The van der Waals surface area contributed by atoms with E-state index in [9.17, 15) is 18.8 Å². The Morgan fingerprint density at radius 3 is 2.74 bits per heavy atom. The van der Waals surface area contributed by atoms with Gasteiger partial charge in [-0.2, -0.15) is 5.10 Å². The molecule has 0 radical (unpaired) electrons. The zero-order chi connectivity index (χ0) is 24.6. The van der Waals surface area contributed by atoms with Gasteiger partial charge >= 0.3 is 6.09 Å². The minimum absolute atomic E-state index is 0.0804. The van der Waals surface area contributed by atoms with Crippen molar-refractivity contribution in [2.45, 2.75) is 58.8 Å². The smallest absolute Gasteiger partial charge is 0.412 e. The number of amides is 1. The number of aromatic nitrogens is 3. The van der Waals surface area contributed by atoms with Crippen molar-refractivity contribution in [3.63, 3.8) is 0 Å². The summed E-state index contributed by atoms with van der Waals surface area (Å²) >= 11 is 0. The molecule has 180 valence electrons. The van der Waals surface area contributed by atoms with Gasteiger partial charge in [0.15, 0.2) is 6.23 Å². The number of carbonyl (C=O) groups is 2. The zero-order valence-electron chi connectivity index (χ0n) is 19.5. The van der Waals surface area contributed by atoms with Crippen LogP contribution in [0.4, 0.5) is 14.9 Å². The summed E-state index contributed by atoms with van der Waals surface area (Å²) in [5.41, 5.74) is -0.728. The molecule has 1 amide bonds. The molecule has 9 nitrogen and oxygen atoms in total. The molecule has 0 spiro atoms. The van der Waals surface area contributed by atoms with Crippen LogP contribution in [-0.2, 0) is 9.47 Å². The first-order chi connectivity index (χ1) is 16.0. The van der Waals surface area contributed by atoms with Crippen molar-refractivity contribution in [3.05, 3.63) is 57.4 Å². The van der Waals surface area contributed by atoms with Gasteiger partial charge in [-0.15, -0.1) is 0 Å². The molecule has 1 aliphatic heterocycles. The quantitative estimate of drug-likeness (QED) is 0.545. The van der Waals surface area contributed by atoms with Crippen LogP contribution in [0.1, 0.15) is 67.9 Å². The fourth-order valence-corrected chi connectivity index (χ4v) is 3.92. The van der Waals surface area contributed by atoms with Gasteiger partial charge in [0.25, 0.3) is 5.56 Å². The van der Waals surface area contributed by atoms with E-state index in [-0.39, 0.29) is 27.8 Å². The van der Waals surface area contributed by atoms with E-state index in [0.29, 0.717) is 18.6 Å². The maximum absolute atomic E-state index is 14.8. The van der Waals surface area contributed by atoms with Crippen LogP contribution >= 0.6 is 0 Å². The van der Waals surface area contributed by atoms with Gasteiger partial charge in [0.05, 0.1) is 11.9 Å². The Bertz CT molecular complexity index is 1320. The van der Waals surface area contributed by atoms with E-state index < -0.39 is 35.1 Å². The molecule has 1 aliphatic rings. The first-order valence-corrected chi connectivity index (χ1v) is 11.1. The number of pyridine rings is 1. The van der Waals surface area contributed by atoms with Crippen LogP contribution in [0.25, 0.3) is 10.9 Å². The van der Waals surface area contributed by atoms with E-state index in [0.717, 1.165) is 12.8 Å². The molecular weight excluding hydrogens is 443 g/mol. The van der Waals surface area contributed by atoms with Crippen molar-refractivity contribution >= 4 is 28.5 Å². The normalized spacial score (nSPS) is 16.4. The molecule has 0 aliphatic carbocycles. The lowest BCUT2D eigenvalue weighted by Gasteiger charge is -2.23. The van der Waals surface area contributed by atoms with Crippen molar-refractivity contribution in [1.29, 1.82) is 0 Å². The third-order valence-electron chi connectivity index (χ3n) is 5.47. The molecule has 3 aromatic rings. The van der Waals surface area contributed by atoms with Crippen LogP contribution in [-0.4, -0.2) is 38.8 Å². The largest absolute Gasteiger partial charge is 0.444 e. The summed E-state index contributed by atoms with van der Waals surface area (Å²) in [5, 5.41) is 7.11. The number of carbonyl (C=O) groups excluding carboxylic acids is 2. The van der Waals surface area contributed by atoms with Gasteiger partial charge in [-0.05, 0) is 65.2 Å². The van der Waals surface area contributed by atoms with E-state index in [2.05, 4.69) is 15.4 Å². The van der Waals surface area contributed by atoms with Crippen LogP contribution in [0.5, 0.6) is 0 Å². The van der Waals surface area contributed by atoms with E-state index in [4.69, 9.17) is 9.47 Å². The summed E-state index contributed by atoms with van der Waals surface area (Å²) in [6.45, 7) is 7.23. The molecule has 10 heteroatoms. The molecule has 3 heterocycles. The van der Waals surface area contributed by atoms with Crippen LogP contribution in [0.2, 0.25) is 0 Å². The molecular formula is C24H27FN4O5. The maximum Gasteiger partial charge on any atom is 0.412 e. The van der Waals surface area contributed by atoms with E-state index in [1.807, 2.05) is 0 Å². The summed E-state index contributed by atoms with van der Waals surface area (Å²) in [7, 11) is 0. The fraction of sp³-hybridized carbons (Fsp3) is 0.417. The van der Waals surface area contributed by atoms with Gasteiger partial charge in [0.2, 0.25) is 5.78 Å². The average molecular weight is 471 g/mol. The van der Waals surface area contributed by atoms with E-state index in [1.165, 1.54) is 29.1 Å². The Kier molecular flexibility index (Phi) is 6.26. The predicted molar refractivity (Wildman–Crippen MR) is 124 cm³/mol. The SMILES string of the molecule is Cc1cc(NC(=O)OC(C)(C)C)c(C(=O)c2ccc(F)c3c2cnn3C2CCCCO2)[nH]c1=O. The minimum Gasteiger partial charge on any atom is -0.444 e. The van der Waals surface area contributed by atoms with Gasteiger partial charge in [-0.3, -0.25) is 14.9 Å². The maximum atomic E-state index is 14.8. The van der Waals surface area contributed by atoms with Gasteiger partial charge in [-0.25, -0.2) is 13.9 Å². The summed E-state index contributed by atoms with van der Waals surface area (Å²) in [6.07, 6.45) is 2.75. The van der Waals surface area contributed by atoms with Gasteiger partial charge < -0.3 is 14.5 Å². The van der Waals surface area contributed by atoms with Crippen LogP contribution in [0.15, 0.2) is 29.2 Å². The second kappa shape index (κ2) is 9.02. The van der Waals surface area contributed by atoms with Gasteiger partial charge in [-0.1, -0.05) is 0 Å². The Labute approximate surface area is 195 Å². The highest BCUT2D eigenvalue weighted by Crippen LogP contribution is 2.31. The number of ether oxygens (including phenoxy) is 2. The van der Waals surface area contributed by atoms with Gasteiger partial charge in [0, 0.05) is 23.1 Å². The number of aromatic amines is 1. The molecule has 1 unspecified atom stereocenters. The molecule has 2 aromatic heterocycles. The Morgan fingerprint density at radius 2 is 2.06 bits per heavy atom. The molecule has 4 rings (SSSR count). The first kappa shape index (κ1) is 23.6. The number of H-pyrrole nitrogens is 1. The molecule has 0 bridgehead atoms. The minimum atomic E-state index is -0.778. The Balaban J connectivity index is 1.77. The number of rotatable bonds is 4. The number of hydrogen-bond acceptors (Lipinski definition) is 6. The standard InChI is InChI=1S/C24H27FN4O5/c1-13-11-17(27-23(32)34-24(2,3)4)19(28-22(13)31)21(30)14-8-9-16(25)20-15(14)12-26-29(20)18-7-5-6-10-33-18/h8-9,11-12,18H,5-7,10H2,1-4H3,(H,27,32)(H,28,31). The number of benzene rings is 1. The monoisotopic (exact) mass is 470 g/mol. The summed E-state index contributed by atoms with van der Waals surface area (Å²) in [4.78, 5) is 40.8. The number of ketones is 1. The number of fused-ring (bicyclic) bond motifs is 1. The van der Waals surface area contributed by atoms with Crippen molar-refractivity contribution in [2.75, 3.05) is 11.9 Å². The molecule has 1 saturated heterocycles. The molecule has 2 N–H and O–H groups in total. The molecule has 1 fully saturated rings. The second-order valence-electron chi connectivity index (χ2n) is 9.29. The summed E-state index contributed by atoms with van der Waals surface area (Å²) in [5.74, 6) is -1.14. The van der Waals surface area contributed by atoms with Crippen LogP contribution in [0.3, 0.4) is 0 Å². The topological polar surface area (TPSA) is 115 Å². The number of nitrogens with zero attached hydrogens (tertiary/aromatic N) is 2.